The van der Waals surface area contributed by atoms with Crippen LogP contribution in [0.4, 0.5) is 0 Å². The molecule has 2 heteroatoms. The zero-order valence-electron chi connectivity index (χ0n) is 13.5. The van der Waals surface area contributed by atoms with Crippen LogP contribution in [0, 0.1) is 22.2 Å². The van der Waals surface area contributed by atoms with E-state index in [0.29, 0.717) is 26.7 Å². The average molecular weight is 304 g/mol. The van der Waals surface area contributed by atoms with Gasteiger partial charge < -0.3 is 0 Å². The Balaban J connectivity index is 1.57. The standard InChI is InChI=1S/C19H28OS/c1-17-7-13-8-18(2,10-17)12-19(9-13,11-17)14-5-15-3-4-16(6-14)21(15)20/h5,13,15-16H,3-4,6-12H2,1-2H3. The molecule has 6 bridgehead atoms. The van der Waals surface area contributed by atoms with Crippen molar-refractivity contribution in [3.8, 4) is 0 Å². The summed E-state index contributed by atoms with van der Waals surface area (Å²) in [6, 6.07) is 0. The quantitative estimate of drug-likeness (QED) is 0.647. The summed E-state index contributed by atoms with van der Waals surface area (Å²) in [5.74, 6) is 0.974. The van der Waals surface area contributed by atoms with E-state index in [4.69, 9.17) is 0 Å². The summed E-state index contributed by atoms with van der Waals surface area (Å²) < 4.78 is 12.4. The Morgan fingerprint density at radius 1 is 1.05 bits per heavy atom. The highest BCUT2D eigenvalue weighted by Gasteiger charge is 2.61. The van der Waals surface area contributed by atoms with E-state index in [2.05, 4.69) is 19.9 Å². The van der Waals surface area contributed by atoms with Gasteiger partial charge in [0.1, 0.15) is 0 Å². The van der Waals surface area contributed by atoms with Gasteiger partial charge in [0, 0.05) is 16.0 Å². The minimum atomic E-state index is -0.550. The smallest absolute Gasteiger partial charge is 0.0533 e. The van der Waals surface area contributed by atoms with Crippen molar-refractivity contribution in [2.75, 3.05) is 0 Å². The van der Waals surface area contributed by atoms with Crippen LogP contribution in [-0.4, -0.2) is 14.7 Å². The Kier molecular flexibility index (Phi) is 2.45. The molecule has 0 amide bonds. The van der Waals surface area contributed by atoms with Crippen molar-refractivity contribution < 1.29 is 4.21 Å². The molecule has 0 aromatic carbocycles. The zero-order valence-corrected chi connectivity index (χ0v) is 14.3. The van der Waals surface area contributed by atoms with Crippen LogP contribution < -0.4 is 0 Å². The first-order valence-electron chi connectivity index (χ1n) is 9.00. The van der Waals surface area contributed by atoms with E-state index in [0.717, 1.165) is 5.92 Å². The maximum absolute atomic E-state index is 12.4. The second kappa shape index (κ2) is 3.86. The number of allylic oxidation sites excluding steroid dienone is 1. The molecule has 4 saturated carbocycles. The van der Waals surface area contributed by atoms with Crippen LogP contribution in [0.25, 0.3) is 0 Å². The van der Waals surface area contributed by atoms with Crippen molar-refractivity contribution in [3.05, 3.63) is 11.6 Å². The van der Waals surface area contributed by atoms with E-state index in [-0.39, 0.29) is 0 Å². The van der Waals surface area contributed by atoms with Gasteiger partial charge in [0.15, 0.2) is 0 Å². The third kappa shape index (κ3) is 1.77. The Hall–Kier alpha value is -0.110. The third-order valence-corrected chi connectivity index (χ3v) is 9.57. The topological polar surface area (TPSA) is 17.1 Å². The second-order valence-electron chi connectivity index (χ2n) is 9.87. The Morgan fingerprint density at radius 3 is 2.38 bits per heavy atom. The number of fused-ring (bicyclic) bond motifs is 2. The summed E-state index contributed by atoms with van der Waals surface area (Å²) in [6.45, 7) is 5.14. The fourth-order valence-corrected chi connectivity index (χ4v) is 9.77. The van der Waals surface area contributed by atoms with Crippen molar-refractivity contribution in [2.24, 2.45) is 22.2 Å². The molecule has 0 spiro atoms. The van der Waals surface area contributed by atoms with Crippen LogP contribution in [-0.2, 0) is 10.8 Å². The minimum Gasteiger partial charge on any atom is -0.259 e. The molecule has 0 N–H and O–H groups in total. The maximum atomic E-state index is 12.4. The highest BCUT2D eigenvalue weighted by atomic mass is 32.2. The summed E-state index contributed by atoms with van der Waals surface area (Å²) in [4.78, 5) is 0. The molecule has 5 atom stereocenters. The van der Waals surface area contributed by atoms with Crippen molar-refractivity contribution >= 4 is 10.8 Å². The van der Waals surface area contributed by atoms with Crippen LogP contribution in [0.2, 0.25) is 0 Å². The first-order valence-corrected chi connectivity index (χ1v) is 10.3. The summed E-state index contributed by atoms with van der Waals surface area (Å²) in [7, 11) is -0.550. The molecule has 2 aliphatic heterocycles. The fraction of sp³-hybridized carbons (Fsp3) is 0.895. The van der Waals surface area contributed by atoms with Crippen LogP contribution in [0.15, 0.2) is 11.6 Å². The Bertz CT molecular complexity index is 544. The van der Waals surface area contributed by atoms with E-state index in [9.17, 15) is 4.21 Å². The summed E-state index contributed by atoms with van der Waals surface area (Å²) in [5, 5.41) is 0.913. The number of hydrogen-bond donors (Lipinski definition) is 0. The number of hydrogen-bond acceptors (Lipinski definition) is 1. The van der Waals surface area contributed by atoms with Gasteiger partial charge in [0.05, 0.1) is 5.25 Å². The molecule has 116 valence electrons. The van der Waals surface area contributed by atoms with Gasteiger partial charge in [-0.1, -0.05) is 25.5 Å². The molecular weight excluding hydrogens is 276 g/mol. The van der Waals surface area contributed by atoms with Gasteiger partial charge in [-0.05, 0) is 80.0 Å². The Labute approximate surface area is 131 Å². The number of rotatable bonds is 1. The van der Waals surface area contributed by atoms with Crippen molar-refractivity contribution in [1.82, 2.24) is 0 Å². The molecule has 2 heterocycles. The lowest BCUT2D eigenvalue weighted by atomic mass is 9.39. The van der Waals surface area contributed by atoms with Crippen LogP contribution in [0.3, 0.4) is 0 Å². The summed E-state index contributed by atoms with van der Waals surface area (Å²) >= 11 is 0. The predicted octanol–water partition coefficient (Wildman–Crippen LogP) is 4.59. The van der Waals surface area contributed by atoms with Crippen molar-refractivity contribution in [1.29, 1.82) is 0 Å². The lowest BCUT2D eigenvalue weighted by molar-refractivity contribution is -0.130. The van der Waals surface area contributed by atoms with Gasteiger partial charge in [0.2, 0.25) is 0 Å². The first-order chi connectivity index (χ1) is 9.89. The van der Waals surface area contributed by atoms with Crippen molar-refractivity contribution in [3.63, 3.8) is 0 Å². The SMILES string of the molecule is CC12CC3CC(C)(C1)CC(C1=CC4CCC(C1)S4=O)(C3)C2. The van der Waals surface area contributed by atoms with E-state index < -0.39 is 10.8 Å². The van der Waals surface area contributed by atoms with E-state index >= 15 is 0 Å². The molecule has 5 unspecified atom stereocenters. The molecule has 21 heavy (non-hydrogen) atoms. The van der Waals surface area contributed by atoms with Gasteiger partial charge >= 0.3 is 0 Å². The lowest BCUT2D eigenvalue weighted by Gasteiger charge is -2.66. The maximum Gasteiger partial charge on any atom is 0.0533 e. The van der Waals surface area contributed by atoms with Gasteiger partial charge in [-0.15, -0.1) is 0 Å². The zero-order chi connectivity index (χ0) is 14.5. The fourth-order valence-electron chi connectivity index (χ4n) is 7.90. The monoisotopic (exact) mass is 304 g/mol. The molecule has 1 saturated heterocycles. The molecule has 5 fully saturated rings. The first kappa shape index (κ1) is 13.3. The van der Waals surface area contributed by atoms with Gasteiger partial charge in [0.25, 0.3) is 0 Å². The molecule has 0 aromatic heterocycles. The van der Waals surface area contributed by atoms with Gasteiger partial charge in [-0.2, -0.15) is 0 Å². The molecular formula is C19H28OS. The van der Waals surface area contributed by atoms with E-state index in [1.165, 1.54) is 57.8 Å². The molecule has 6 rings (SSSR count). The van der Waals surface area contributed by atoms with Gasteiger partial charge in [-0.3, -0.25) is 4.21 Å². The van der Waals surface area contributed by atoms with Crippen LogP contribution >= 0.6 is 0 Å². The van der Waals surface area contributed by atoms with Crippen molar-refractivity contribution in [2.45, 2.75) is 82.1 Å². The third-order valence-electron chi connectivity index (χ3n) is 7.54. The van der Waals surface area contributed by atoms with Gasteiger partial charge in [-0.25, -0.2) is 0 Å². The molecule has 6 aliphatic rings. The van der Waals surface area contributed by atoms with Crippen LogP contribution in [0.5, 0.6) is 0 Å². The Morgan fingerprint density at radius 2 is 1.76 bits per heavy atom. The summed E-state index contributed by atoms with van der Waals surface area (Å²) in [6.07, 6.45) is 14.8. The highest BCUT2D eigenvalue weighted by molar-refractivity contribution is 7.86. The summed E-state index contributed by atoms with van der Waals surface area (Å²) in [5.41, 5.74) is 3.47. The van der Waals surface area contributed by atoms with Crippen LogP contribution in [0.1, 0.15) is 71.6 Å². The minimum absolute atomic E-state index is 0.410. The average Bonchev–Trinajstić information content (AvgIpc) is 2.57. The molecule has 0 aromatic rings. The molecule has 0 radical (unpaired) electrons. The lowest BCUT2D eigenvalue weighted by Crippen LogP contribution is -2.56. The second-order valence-corrected chi connectivity index (χ2v) is 11.8. The normalized spacial score (nSPS) is 61.1. The largest absolute Gasteiger partial charge is 0.259 e. The highest BCUT2D eigenvalue weighted by Crippen LogP contribution is 2.72. The van der Waals surface area contributed by atoms with E-state index in [1.54, 1.807) is 5.57 Å². The molecule has 1 nitrogen and oxygen atoms in total. The predicted molar refractivity (Wildman–Crippen MR) is 87.5 cm³/mol. The van der Waals surface area contributed by atoms with E-state index in [1.807, 2.05) is 0 Å². The molecule has 4 aliphatic carbocycles.